The number of cyclic esters (lactones) is 1. The number of likely N-dealkylation sites (tertiary alicyclic amines) is 1. The third-order valence-corrected chi connectivity index (χ3v) is 15.0. The molecule has 17 heteroatoms. The normalized spacial score (nSPS) is 22.4. The number of esters is 1. The number of hydrazine groups is 1. The van der Waals surface area contributed by atoms with Crippen molar-refractivity contribution in [2.24, 2.45) is 11.3 Å². The number of benzene rings is 1. The lowest BCUT2D eigenvalue weighted by atomic mass is 9.84. The number of hydrogen-bond donors (Lipinski definition) is 2. The summed E-state index contributed by atoms with van der Waals surface area (Å²) in [5.41, 5.74) is 9.13. The number of piperidine rings is 1. The van der Waals surface area contributed by atoms with Gasteiger partial charge in [-0.25, -0.2) is 15.2 Å². The number of aryl methyl sites for hydroxylation is 1. The van der Waals surface area contributed by atoms with Crippen molar-refractivity contribution in [3.63, 3.8) is 0 Å². The van der Waals surface area contributed by atoms with Crippen LogP contribution in [0.15, 0.2) is 41.9 Å². The Balaban J connectivity index is 1.13. The average molecular weight is 940 g/mol. The van der Waals surface area contributed by atoms with Crippen molar-refractivity contribution in [3.05, 3.63) is 58.2 Å². The van der Waals surface area contributed by atoms with Crippen LogP contribution in [0.5, 0.6) is 0 Å². The molecular formula is C50H69N9O7S. The molecule has 3 saturated heterocycles. The number of methoxy groups -OCH3 is 1. The van der Waals surface area contributed by atoms with Gasteiger partial charge in [-0.3, -0.25) is 24.4 Å². The highest BCUT2D eigenvalue weighted by atomic mass is 32.1. The van der Waals surface area contributed by atoms with E-state index in [2.05, 4.69) is 72.3 Å². The van der Waals surface area contributed by atoms with E-state index >= 15 is 0 Å². The van der Waals surface area contributed by atoms with E-state index in [0.29, 0.717) is 57.1 Å². The molecule has 4 atom stereocenters. The van der Waals surface area contributed by atoms with Crippen LogP contribution in [0.1, 0.15) is 89.6 Å². The zero-order valence-corrected chi connectivity index (χ0v) is 41.5. The molecule has 4 aliphatic rings. The lowest BCUT2D eigenvalue weighted by molar-refractivity contribution is -0.155. The number of nitrogens with one attached hydrogen (secondary N) is 2. The lowest BCUT2D eigenvalue weighted by Gasteiger charge is -2.47. The van der Waals surface area contributed by atoms with E-state index in [0.717, 1.165) is 70.6 Å². The van der Waals surface area contributed by atoms with Crippen LogP contribution in [0.25, 0.3) is 33.4 Å². The second kappa shape index (κ2) is 20.0. The molecule has 2 N–H and O–H groups in total. The number of urea groups is 1. The van der Waals surface area contributed by atoms with Crippen molar-refractivity contribution in [1.29, 1.82) is 0 Å². The second-order valence-corrected chi connectivity index (χ2v) is 21.1. The van der Waals surface area contributed by atoms with Crippen LogP contribution < -0.4 is 10.7 Å². The zero-order chi connectivity index (χ0) is 47.8. The Morgan fingerprint density at radius 2 is 1.88 bits per heavy atom. The van der Waals surface area contributed by atoms with Gasteiger partial charge in [0.2, 0.25) is 5.91 Å². The number of hydrogen-bond acceptors (Lipinski definition) is 12. The van der Waals surface area contributed by atoms with Crippen molar-refractivity contribution < 1.29 is 33.4 Å². The number of likely N-dealkylation sites (N-methyl/N-ethyl adjacent to an activating group) is 2. The van der Waals surface area contributed by atoms with Crippen molar-refractivity contribution in [3.8, 4) is 22.5 Å². The highest BCUT2D eigenvalue weighted by Gasteiger charge is 2.43. The number of carbonyl (C=O) groups excluding carboxylic acids is 4. The Morgan fingerprint density at radius 1 is 1.10 bits per heavy atom. The molecule has 1 spiro atoms. The molecule has 67 heavy (non-hydrogen) atoms. The monoisotopic (exact) mass is 940 g/mol. The SMILES string of the molecule is CCn1c(-c2cccnc2[C@H](C)OC)c2c3cc(ccc31)-c1csc(n1)C[C@H](NC(=O)[C@H](C(C)C)N(C)C(=O)N1CCC3(CC1)CN(C)CCO3)C(=O)N1CCC[C@H](N1)C(=O)OCC(C)(C)C2. The van der Waals surface area contributed by atoms with E-state index < -0.39 is 41.3 Å². The molecule has 362 valence electrons. The predicted molar refractivity (Wildman–Crippen MR) is 258 cm³/mol. The molecule has 4 amide bonds. The summed E-state index contributed by atoms with van der Waals surface area (Å²) >= 11 is 1.43. The van der Waals surface area contributed by atoms with E-state index in [1.807, 2.05) is 32.2 Å². The molecule has 8 rings (SSSR count). The number of ether oxygens (including phenoxy) is 3. The summed E-state index contributed by atoms with van der Waals surface area (Å²) in [6.45, 7) is 16.8. The summed E-state index contributed by atoms with van der Waals surface area (Å²) in [7, 11) is 5.46. The van der Waals surface area contributed by atoms with Crippen LogP contribution in [0.2, 0.25) is 0 Å². The Hall–Kier alpha value is -4.94. The largest absolute Gasteiger partial charge is 0.464 e. The van der Waals surface area contributed by atoms with Crippen LogP contribution in [-0.4, -0.2) is 149 Å². The van der Waals surface area contributed by atoms with Gasteiger partial charge < -0.3 is 38.8 Å². The van der Waals surface area contributed by atoms with E-state index in [1.165, 1.54) is 21.2 Å². The molecule has 16 nitrogen and oxygen atoms in total. The fourth-order valence-electron chi connectivity index (χ4n) is 10.5. The van der Waals surface area contributed by atoms with Gasteiger partial charge >= 0.3 is 12.0 Å². The Labute approximate surface area is 398 Å². The van der Waals surface area contributed by atoms with Crippen LogP contribution in [-0.2, 0) is 48.0 Å². The van der Waals surface area contributed by atoms with E-state index in [-0.39, 0.29) is 36.7 Å². The highest BCUT2D eigenvalue weighted by molar-refractivity contribution is 7.10. The maximum atomic E-state index is 14.7. The van der Waals surface area contributed by atoms with E-state index in [1.54, 1.807) is 25.3 Å². The number of thiazole rings is 1. The summed E-state index contributed by atoms with van der Waals surface area (Å²) in [6, 6.07) is 7.56. The third kappa shape index (κ3) is 10.1. The number of morpholine rings is 1. The number of fused-ring (bicyclic) bond motifs is 6. The lowest BCUT2D eigenvalue weighted by Crippen LogP contribution is -2.63. The van der Waals surface area contributed by atoms with Gasteiger partial charge in [-0.05, 0) is 88.7 Å². The molecule has 0 saturated carbocycles. The summed E-state index contributed by atoms with van der Waals surface area (Å²) in [6.07, 6.45) is 4.73. The summed E-state index contributed by atoms with van der Waals surface area (Å²) in [5.74, 6) is -1.54. The summed E-state index contributed by atoms with van der Waals surface area (Å²) < 4.78 is 20.5. The number of nitrogens with zero attached hydrogens (tertiary/aromatic N) is 7. The van der Waals surface area contributed by atoms with Gasteiger partial charge in [0.1, 0.15) is 18.1 Å². The standard InChI is InChI=1S/C50H69N9O7S/c1-10-58-40-16-15-33-25-35(40)36(44(58)34-13-11-19-51-42(34)32(4)64-9)27-49(5,6)30-65-47(62)37-14-12-20-59(54-37)46(61)38(26-41-52-39(33)28-67-41)53-45(60)43(31(2)3)56(8)48(63)57-21-17-50(18-22-57)29-55(7)23-24-66-50/h11,13,15-16,19,25,28,31-32,37-38,43,54H,10,12,14,17-18,20-24,26-27,29-30H2,1-9H3,(H,53,60)/t32-,37-,38-,43-/m0/s1. The third-order valence-electron chi connectivity index (χ3n) is 14.2. The van der Waals surface area contributed by atoms with Gasteiger partial charge in [0.15, 0.2) is 0 Å². The van der Waals surface area contributed by atoms with Crippen molar-refractivity contribution in [2.45, 2.75) is 116 Å². The smallest absolute Gasteiger partial charge is 0.324 e. The summed E-state index contributed by atoms with van der Waals surface area (Å²) in [4.78, 5) is 72.8. The Morgan fingerprint density at radius 3 is 2.60 bits per heavy atom. The number of aromatic nitrogens is 3. The van der Waals surface area contributed by atoms with Gasteiger partial charge in [-0.15, -0.1) is 11.3 Å². The zero-order valence-electron chi connectivity index (χ0n) is 40.7. The molecular weight excluding hydrogens is 871 g/mol. The van der Waals surface area contributed by atoms with Crippen LogP contribution in [0.3, 0.4) is 0 Å². The molecule has 1 aromatic carbocycles. The number of pyridine rings is 1. The van der Waals surface area contributed by atoms with Gasteiger partial charge in [0.25, 0.3) is 5.91 Å². The van der Waals surface area contributed by atoms with Crippen LogP contribution in [0.4, 0.5) is 4.79 Å². The topological polar surface area (TPSA) is 164 Å². The molecule has 3 fully saturated rings. The Kier molecular flexibility index (Phi) is 14.4. The molecule has 3 aromatic heterocycles. The molecule has 4 aromatic rings. The second-order valence-electron chi connectivity index (χ2n) is 20.1. The molecule has 7 heterocycles. The van der Waals surface area contributed by atoms with Crippen molar-refractivity contribution in [1.82, 2.24) is 45.0 Å². The first-order valence-electron chi connectivity index (χ1n) is 24.0. The minimum atomic E-state index is -1.05. The molecule has 0 radical (unpaired) electrons. The van der Waals surface area contributed by atoms with Gasteiger partial charge in [0, 0.05) is 98.9 Å². The number of rotatable bonds is 8. The molecule has 6 bridgehead atoms. The van der Waals surface area contributed by atoms with E-state index in [9.17, 15) is 19.2 Å². The molecule has 0 aliphatic carbocycles. The number of amides is 4. The minimum absolute atomic E-state index is 0.104. The first kappa shape index (κ1) is 48.5. The predicted octanol–water partition coefficient (Wildman–Crippen LogP) is 6.08. The van der Waals surface area contributed by atoms with Crippen molar-refractivity contribution >= 4 is 46.1 Å². The first-order valence-corrected chi connectivity index (χ1v) is 24.9. The molecule has 4 aliphatic heterocycles. The average Bonchev–Trinajstić information content (AvgIpc) is 3.91. The highest BCUT2D eigenvalue weighted by Crippen LogP contribution is 2.42. The maximum Gasteiger partial charge on any atom is 0.324 e. The van der Waals surface area contributed by atoms with Gasteiger partial charge in [-0.1, -0.05) is 33.8 Å². The van der Waals surface area contributed by atoms with Crippen LogP contribution in [0, 0.1) is 11.3 Å². The molecule has 0 unspecified atom stereocenters. The fourth-order valence-corrected chi connectivity index (χ4v) is 11.4. The van der Waals surface area contributed by atoms with Crippen LogP contribution >= 0.6 is 11.3 Å². The quantitative estimate of drug-likeness (QED) is 0.197. The van der Waals surface area contributed by atoms with Crippen molar-refractivity contribution in [2.75, 3.05) is 67.1 Å². The van der Waals surface area contributed by atoms with E-state index in [4.69, 9.17) is 24.2 Å². The summed E-state index contributed by atoms with van der Waals surface area (Å²) in [5, 5.41) is 8.25. The van der Waals surface area contributed by atoms with Gasteiger partial charge in [0.05, 0.1) is 47.0 Å². The fraction of sp³-hybridized carbons (Fsp3) is 0.600. The van der Waals surface area contributed by atoms with Gasteiger partial charge in [-0.2, -0.15) is 0 Å². The number of carbonyl (C=O) groups is 4. The minimum Gasteiger partial charge on any atom is -0.464 e. The Bertz CT molecular complexity index is 2460. The first-order chi connectivity index (χ1) is 32.0. The maximum absolute atomic E-state index is 14.7.